The van der Waals surface area contributed by atoms with Crippen molar-refractivity contribution in [2.45, 2.75) is 9.92 Å². The van der Waals surface area contributed by atoms with Crippen molar-refractivity contribution in [1.82, 2.24) is 20.4 Å². The highest BCUT2D eigenvalue weighted by Gasteiger charge is 2.11. The fourth-order valence-corrected chi connectivity index (χ4v) is 2.67. The van der Waals surface area contributed by atoms with E-state index < -0.39 is 0 Å². The molecule has 7 nitrogen and oxygen atoms in total. The van der Waals surface area contributed by atoms with Gasteiger partial charge in [-0.1, -0.05) is 30.0 Å². The minimum absolute atomic E-state index is 0.312. The highest BCUT2D eigenvalue weighted by Crippen LogP contribution is 2.32. The van der Waals surface area contributed by atoms with E-state index in [1.165, 1.54) is 18.1 Å². The summed E-state index contributed by atoms with van der Waals surface area (Å²) in [6.07, 6.45) is 4.48. The van der Waals surface area contributed by atoms with Gasteiger partial charge < -0.3 is 5.73 Å². The molecule has 0 saturated heterocycles. The number of aromatic nitrogens is 3. The quantitative estimate of drug-likeness (QED) is 0.484. The van der Waals surface area contributed by atoms with E-state index >= 15 is 0 Å². The molecule has 0 aliphatic heterocycles. The van der Waals surface area contributed by atoms with Crippen LogP contribution in [0.3, 0.4) is 0 Å². The van der Waals surface area contributed by atoms with Gasteiger partial charge in [-0.25, -0.2) is 9.97 Å². The summed E-state index contributed by atoms with van der Waals surface area (Å²) >= 11 is 1.42. The molecule has 0 spiro atoms. The van der Waals surface area contributed by atoms with Crippen LogP contribution in [0.15, 0.2) is 71.1 Å². The van der Waals surface area contributed by atoms with E-state index in [1.54, 1.807) is 24.5 Å². The van der Waals surface area contributed by atoms with E-state index in [0.717, 1.165) is 4.90 Å². The number of nitrogens with one attached hydrogen (secondary N) is 2. The number of rotatable bonds is 5. The van der Waals surface area contributed by atoms with Gasteiger partial charge in [-0.05, 0) is 24.3 Å². The van der Waals surface area contributed by atoms with Crippen LogP contribution in [0.25, 0.3) is 0 Å². The average molecular weight is 338 g/mol. The zero-order valence-corrected chi connectivity index (χ0v) is 13.3. The summed E-state index contributed by atoms with van der Waals surface area (Å²) < 4.78 is 0. The van der Waals surface area contributed by atoms with Crippen LogP contribution in [0.4, 0.5) is 11.5 Å². The smallest absolute Gasteiger partial charge is 0.269 e. The van der Waals surface area contributed by atoms with E-state index in [1.807, 2.05) is 30.3 Å². The summed E-state index contributed by atoms with van der Waals surface area (Å²) in [5.41, 5.74) is 12.2. The first-order chi connectivity index (χ1) is 11.7. The summed E-state index contributed by atoms with van der Waals surface area (Å²) in [5.74, 6) is 0.0264. The van der Waals surface area contributed by atoms with Gasteiger partial charge in [0.05, 0.1) is 0 Å². The number of hydrogen-bond donors (Lipinski definition) is 3. The number of nitrogen functional groups attached to an aromatic ring is 1. The van der Waals surface area contributed by atoms with E-state index in [9.17, 15) is 4.79 Å². The SMILES string of the molecule is Nc1c(NNC(=O)c2ccncc2)ncnc1Sc1ccccc1. The molecule has 24 heavy (non-hydrogen) atoms. The number of pyridine rings is 1. The maximum atomic E-state index is 12.0. The van der Waals surface area contributed by atoms with Crippen LogP contribution in [0.5, 0.6) is 0 Å². The summed E-state index contributed by atoms with van der Waals surface area (Å²) in [6, 6.07) is 13.0. The normalized spacial score (nSPS) is 10.2. The highest BCUT2D eigenvalue weighted by atomic mass is 32.2. The van der Waals surface area contributed by atoms with Crippen molar-refractivity contribution in [1.29, 1.82) is 0 Å². The first-order valence-corrected chi connectivity index (χ1v) is 7.85. The third-order valence-electron chi connectivity index (χ3n) is 3.04. The van der Waals surface area contributed by atoms with Crippen LogP contribution in [0.1, 0.15) is 10.4 Å². The second-order valence-corrected chi connectivity index (χ2v) is 5.73. The van der Waals surface area contributed by atoms with Crippen molar-refractivity contribution >= 4 is 29.2 Å². The number of nitrogens with two attached hydrogens (primary N) is 1. The summed E-state index contributed by atoms with van der Waals surface area (Å²) in [6.45, 7) is 0. The number of carbonyl (C=O) groups excluding carboxylic acids is 1. The molecule has 8 heteroatoms. The van der Waals surface area contributed by atoms with Gasteiger partial charge >= 0.3 is 0 Å². The van der Waals surface area contributed by atoms with Crippen LogP contribution >= 0.6 is 11.8 Å². The lowest BCUT2D eigenvalue weighted by Gasteiger charge is -2.11. The topological polar surface area (TPSA) is 106 Å². The summed E-state index contributed by atoms with van der Waals surface area (Å²) in [5, 5.41) is 0.608. The van der Waals surface area contributed by atoms with Gasteiger partial charge in [-0.15, -0.1) is 0 Å². The molecule has 3 aromatic rings. The average Bonchev–Trinajstić information content (AvgIpc) is 2.64. The summed E-state index contributed by atoms with van der Waals surface area (Å²) in [4.78, 5) is 25.1. The lowest BCUT2D eigenvalue weighted by molar-refractivity contribution is 0.0962. The Morgan fingerprint density at radius 3 is 2.54 bits per heavy atom. The van der Waals surface area contributed by atoms with Crippen LogP contribution in [0.2, 0.25) is 0 Å². The monoisotopic (exact) mass is 338 g/mol. The van der Waals surface area contributed by atoms with E-state index in [2.05, 4.69) is 25.8 Å². The molecule has 2 heterocycles. The number of hydrogen-bond acceptors (Lipinski definition) is 7. The molecule has 0 saturated carbocycles. The standard InChI is InChI=1S/C16H14N6OS/c17-13-14(21-22-15(23)11-6-8-18-9-7-11)19-10-20-16(13)24-12-4-2-1-3-5-12/h1-10H,17H2,(H,22,23)(H,19,20,21). The molecular formula is C16H14N6OS. The molecule has 0 unspecified atom stereocenters. The maximum absolute atomic E-state index is 12.0. The zero-order valence-electron chi connectivity index (χ0n) is 12.5. The molecule has 0 atom stereocenters. The molecule has 3 rings (SSSR count). The number of nitrogens with zero attached hydrogens (tertiary/aromatic N) is 3. The third kappa shape index (κ3) is 3.79. The molecule has 1 aromatic carbocycles. The summed E-state index contributed by atoms with van der Waals surface area (Å²) in [7, 11) is 0. The van der Waals surface area contributed by atoms with Gasteiger partial charge in [0.25, 0.3) is 5.91 Å². The Balaban J connectivity index is 1.70. The maximum Gasteiger partial charge on any atom is 0.269 e. The van der Waals surface area contributed by atoms with Gasteiger partial charge in [-0.3, -0.25) is 20.6 Å². The lowest BCUT2D eigenvalue weighted by atomic mass is 10.3. The van der Waals surface area contributed by atoms with E-state index in [4.69, 9.17) is 5.73 Å². The Morgan fingerprint density at radius 1 is 1.04 bits per heavy atom. The minimum atomic E-state index is -0.312. The second kappa shape index (κ2) is 7.42. The predicted molar refractivity (Wildman–Crippen MR) is 92.3 cm³/mol. The van der Waals surface area contributed by atoms with Gasteiger partial charge in [-0.2, -0.15) is 0 Å². The first-order valence-electron chi connectivity index (χ1n) is 7.04. The van der Waals surface area contributed by atoms with E-state index in [-0.39, 0.29) is 5.91 Å². The van der Waals surface area contributed by atoms with Crippen molar-refractivity contribution in [2.75, 3.05) is 11.2 Å². The molecule has 120 valence electrons. The molecule has 0 aliphatic carbocycles. The minimum Gasteiger partial charge on any atom is -0.393 e. The Kier molecular flexibility index (Phi) is 4.87. The van der Waals surface area contributed by atoms with Crippen molar-refractivity contribution in [2.24, 2.45) is 0 Å². The van der Waals surface area contributed by atoms with Crippen LogP contribution in [-0.4, -0.2) is 20.9 Å². The molecule has 0 bridgehead atoms. The molecule has 0 aliphatic rings. The number of anilines is 2. The Labute approximate surface area is 142 Å². The molecule has 1 amide bonds. The third-order valence-corrected chi connectivity index (χ3v) is 4.07. The predicted octanol–water partition coefficient (Wildman–Crippen LogP) is 2.36. The van der Waals surface area contributed by atoms with Gasteiger partial charge in [0.2, 0.25) is 0 Å². The number of hydrazine groups is 1. The molecule has 2 aromatic heterocycles. The number of amides is 1. The first kappa shape index (κ1) is 15.8. The van der Waals surface area contributed by atoms with Gasteiger partial charge in [0.1, 0.15) is 17.0 Å². The lowest BCUT2D eigenvalue weighted by Crippen LogP contribution is -2.30. The highest BCUT2D eigenvalue weighted by molar-refractivity contribution is 7.99. The number of carbonyl (C=O) groups is 1. The molecule has 0 fully saturated rings. The molecule has 0 radical (unpaired) electrons. The molecular weight excluding hydrogens is 324 g/mol. The Morgan fingerprint density at radius 2 is 1.79 bits per heavy atom. The number of benzene rings is 1. The fraction of sp³-hybridized carbons (Fsp3) is 0. The Bertz CT molecular complexity index is 828. The van der Waals surface area contributed by atoms with Crippen LogP contribution < -0.4 is 16.6 Å². The van der Waals surface area contributed by atoms with Crippen LogP contribution in [-0.2, 0) is 0 Å². The van der Waals surface area contributed by atoms with Gasteiger partial charge in [0, 0.05) is 22.9 Å². The second-order valence-electron chi connectivity index (χ2n) is 4.67. The van der Waals surface area contributed by atoms with Crippen molar-refractivity contribution in [3.05, 3.63) is 66.7 Å². The van der Waals surface area contributed by atoms with Crippen molar-refractivity contribution in [3.63, 3.8) is 0 Å². The molecule has 4 N–H and O–H groups in total. The van der Waals surface area contributed by atoms with Gasteiger partial charge in [0.15, 0.2) is 5.82 Å². The fourth-order valence-electron chi connectivity index (χ4n) is 1.85. The van der Waals surface area contributed by atoms with E-state index in [0.29, 0.717) is 22.1 Å². The zero-order chi connectivity index (χ0) is 16.8. The largest absolute Gasteiger partial charge is 0.393 e. The van der Waals surface area contributed by atoms with Crippen molar-refractivity contribution in [3.8, 4) is 0 Å². The van der Waals surface area contributed by atoms with Crippen LogP contribution in [0, 0.1) is 0 Å². The Hall–Kier alpha value is -3.13. The van der Waals surface area contributed by atoms with Crippen molar-refractivity contribution < 1.29 is 4.79 Å².